The lowest BCUT2D eigenvalue weighted by Gasteiger charge is -2.09. The Hall–Kier alpha value is -2.05. The van der Waals surface area contributed by atoms with Crippen LogP contribution in [-0.4, -0.2) is 21.5 Å². The van der Waals surface area contributed by atoms with Crippen LogP contribution < -0.4 is 5.32 Å². The summed E-state index contributed by atoms with van der Waals surface area (Å²) >= 11 is 0. The van der Waals surface area contributed by atoms with Crippen LogP contribution in [0.5, 0.6) is 0 Å². The number of aryl methyl sites for hydroxylation is 1. The Balaban J connectivity index is 2.60. The molecule has 4 nitrogen and oxygen atoms in total. The van der Waals surface area contributed by atoms with Crippen molar-refractivity contribution in [3.05, 3.63) is 30.2 Å². The Kier molecular flexibility index (Phi) is 2.98. The lowest BCUT2D eigenvalue weighted by atomic mass is 10.3. The quantitative estimate of drug-likeness (QED) is 0.830. The highest BCUT2D eigenvalue weighted by Crippen LogP contribution is 2.30. The Morgan fingerprint density at radius 1 is 1.44 bits per heavy atom. The van der Waals surface area contributed by atoms with Crippen molar-refractivity contribution in [2.75, 3.05) is 11.9 Å². The maximum absolute atomic E-state index is 12.6. The lowest BCUT2D eigenvalue weighted by Crippen LogP contribution is -2.13. The van der Waals surface area contributed by atoms with E-state index in [1.807, 2.05) is 0 Å². The molecular weight excluding hydrogens is 245 g/mol. The lowest BCUT2D eigenvalue weighted by molar-refractivity contribution is -0.144. The number of halogens is 3. The zero-order chi connectivity index (χ0) is 13.3. The van der Waals surface area contributed by atoms with Gasteiger partial charge in [0.05, 0.1) is 5.39 Å². The van der Waals surface area contributed by atoms with E-state index in [1.165, 1.54) is 0 Å². The second-order valence-corrected chi connectivity index (χ2v) is 3.78. The average Bonchev–Trinajstić information content (AvgIpc) is 2.64. The molecule has 0 amide bonds. The van der Waals surface area contributed by atoms with Crippen LogP contribution in [0.1, 0.15) is 11.5 Å². The van der Waals surface area contributed by atoms with Gasteiger partial charge in [0.2, 0.25) is 5.82 Å². The molecule has 0 spiro atoms. The molecule has 2 aromatic heterocycles. The number of alkyl halides is 3. The molecule has 2 heterocycles. The standard InChI is InChI=1S/C11H11F3N4/c1-3-4-15-8-7-5-6(2)16-9(7)18-10(17-8)11(12,13)14/h3,5H,1,4H2,2H3,(H2,15,16,17,18). The summed E-state index contributed by atoms with van der Waals surface area (Å²) in [5.74, 6) is -1.01. The maximum Gasteiger partial charge on any atom is 0.451 e. The second kappa shape index (κ2) is 4.32. The van der Waals surface area contributed by atoms with Gasteiger partial charge in [0.15, 0.2) is 0 Å². The van der Waals surface area contributed by atoms with Gasteiger partial charge in [-0.05, 0) is 13.0 Å². The molecule has 2 aromatic rings. The molecule has 0 saturated carbocycles. The fraction of sp³-hybridized carbons (Fsp3) is 0.273. The second-order valence-electron chi connectivity index (χ2n) is 3.78. The summed E-state index contributed by atoms with van der Waals surface area (Å²) in [5, 5.41) is 3.30. The van der Waals surface area contributed by atoms with Crippen molar-refractivity contribution < 1.29 is 13.2 Å². The molecule has 0 unspecified atom stereocenters. The summed E-state index contributed by atoms with van der Waals surface area (Å²) in [7, 11) is 0. The third-order valence-corrected chi connectivity index (χ3v) is 2.29. The Bertz CT molecular complexity index is 586. The molecular formula is C11H11F3N4. The van der Waals surface area contributed by atoms with Gasteiger partial charge in [-0.25, -0.2) is 9.97 Å². The van der Waals surface area contributed by atoms with E-state index in [0.717, 1.165) is 5.69 Å². The number of rotatable bonds is 3. The van der Waals surface area contributed by atoms with Crippen molar-refractivity contribution in [1.82, 2.24) is 15.0 Å². The monoisotopic (exact) mass is 256 g/mol. The van der Waals surface area contributed by atoms with Crippen molar-refractivity contribution in [3.8, 4) is 0 Å². The minimum atomic E-state index is -4.57. The van der Waals surface area contributed by atoms with Gasteiger partial charge >= 0.3 is 6.18 Å². The van der Waals surface area contributed by atoms with Crippen molar-refractivity contribution >= 4 is 16.9 Å². The maximum atomic E-state index is 12.6. The van der Waals surface area contributed by atoms with Crippen LogP contribution in [0.3, 0.4) is 0 Å². The zero-order valence-electron chi connectivity index (χ0n) is 9.60. The van der Waals surface area contributed by atoms with Gasteiger partial charge in [0.1, 0.15) is 11.5 Å². The first-order chi connectivity index (χ1) is 8.41. The minimum absolute atomic E-state index is 0.150. The van der Waals surface area contributed by atoms with Gasteiger partial charge in [-0.3, -0.25) is 0 Å². The number of hydrogen-bond donors (Lipinski definition) is 2. The summed E-state index contributed by atoms with van der Waals surface area (Å²) in [5.41, 5.74) is 0.890. The molecule has 18 heavy (non-hydrogen) atoms. The van der Waals surface area contributed by atoms with Crippen molar-refractivity contribution in [2.24, 2.45) is 0 Å². The third kappa shape index (κ3) is 2.29. The molecule has 0 aromatic carbocycles. The predicted molar refractivity (Wildman–Crippen MR) is 62.3 cm³/mol. The summed E-state index contributed by atoms with van der Waals surface area (Å²) in [6, 6.07) is 1.70. The van der Waals surface area contributed by atoms with Crippen LogP contribution in [0.2, 0.25) is 0 Å². The number of hydrogen-bond acceptors (Lipinski definition) is 3. The Morgan fingerprint density at radius 3 is 2.78 bits per heavy atom. The topological polar surface area (TPSA) is 53.6 Å². The number of nitrogens with one attached hydrogen (secondary N) is 2. The third-order valence-electron chi connectivity index (χ3n) is 2.29. The van der Waals surface area contributed by atoms with Crippen LogP contribution in [0.15, 0.2) is 18.7 Å². The number of aromatic nitrogens is 3. The highest BCUT2D eigenvalue weighted by molar-refractivity contribution is 5.87. The van der Waals surface area contributed by atoms with Gasteiger partial charge in [0, 0.05) is 12.2 Å². The minimum Gasteiger partial charge on any atom is -0.366 e. The molecule has 0 atom stereocenters. The molecule has 7 heteroatoms. The van der Waals surface area contributed by atoms with Crippen LogP contribution >= 0.6 is 0 Å². The molecule has 0 radical (unpaired) electrons. The first-order valence-corrected chi connectivity index (χ1v) is 5.21. The van der Waals surface area contributed by atoms with E-state index in [2.05, 4.69) is 26.8 Å². The summed E-state index contributed by atoms with van der Waals surface area (Å²) in [4.78, 5) is 9.76. The molecule has 0 bridgehead atoms. The SMILES string of the molecule is C=CCNc1nc(C(F)(F)F)nc2[nH]c(C)cc12. The molecule has 2 rings (SSSR count). The summed E-state index contributed by atoms with van der Waals surface area (Å²) in [6.45, 7) is 5.57. The van der Waals surface area contributed by atoms with Crippen LogP contribution in [0, 0.1) is 6.92 Å². The van der Waals surface area contributed by atoms with E-state index < -0.39 is 12.0 Å². The van der Waals surface area contributed by atoms with Crippen LogP contribution in [0.4, 0.5) is 19.0 Å². The fourth-order valence-electron chi connectivity index (χ4n) is 1.57. The zero-order valence-corrected chi connectivity index (χ0v) is 9.60. The normalized spacial score (nSPS) is 11.8. The number of anilines is 1. The van der Waals surface area contributed by atoms with E-state index in [-0.39, 0.29) is 11.5 Å². The number of aromatic amines is 1. The van der Waals surface area contributed by atoms with Crippen LogP contribution in [0.25, 0.3) is 11.0 Å². The average molecular weight is 256 g/mol. The molecule has 0 saturated heterocycles. The fourth-order valence-corrected chi connectivity index (χ4v) is 1.57. The molecule has 0 aliphatic heterocycles. The highest BCUT2D eigenvalue weighted by Gasteiger charge is 2.35. The van der Waals surface area contributed by atoms with E-state index in [1.54, 1.807) is 19.1 Å². The number of fused-ring (bicyclic) bond motifs is 1. The Labute approximate surface area is 101 Å². The van der Waals surface area contributed by atoms with E-state index in [0.29, 0.717) is 11.9 Å². The van der Waals surface area contributed by atoms with E-state index >= 15 is 0 Å². The van der Waals surface area contributed by atoms with Crippen molar-refractivity contribution in [1.29, 1.82) is 0 Å². The highest BCUT2D eigenvalue weighted by atomic mass is 19.4. The van der Waals surface area contributed by atoms with Gasteiger partial charge in [0.25, 0.3) is 0 Å². The first kappa shape index (κ1) is 12.4. The summed E-state index contributed by atoms with van der Waals surface area (Å²) in [6.07, 6.45) is -3.03. The smallest absolute Gasteiger partial charge is 0.366 e. The number of nitrogens with zero attached hydrogens (tertiary/aromatic N) is 2. The Morgan fingerprint density at radius 2 is 2.17 bits per heavy atom. The van der Waals surface area contributed by atoms with Crippen molar-refractivity contribution in [2.45, 2.75) is 13.1 Å². The first-order valence-electron chi connectivity index (χ1n) is 5.21. The summed E-state index contributed by atoms with van der Waals surface area (Å²) < 4.78 is 37.9. The van der Waals surface area contributed by atoms with Crippen molar-refractivity contribution in [3.63, 3.8) is 0 Å². The van der Waals surface area contributed by atoms with Gasteiger partial charge in [-0.1, -0.05) is 6.08 Å². The van der Waals surface area contributed by atoms with E-state index in [9.17, 15) is 13.2 Å². The molecule has 2 N–H and O–H groups in total. The number of H-pyrrole nitrogens is 1. The van der Waals surface area contributed by atoms with E-state index in [4.69, 9.17) is 0 Å². The predicted octanol–water partition coefficient (Wildman–Crippen LogP) is 2.88. The van der Waals surface area contributed by atoms with Crippen LogP contribution in [-0.2, 0) is 6.18 Å². The molecule has 0 fully saturated rings. The molecule has 0 aliphatic carbocycles. The van der Waals surface area contributed by atoms with Gasteiger partial charge in [-0.15, -0.1) is 6.58 Å². The largest absolute Gasteiger partial charge is 0.451 e. The van der Waals surface area contributed by atoms with Gasteiger partial charge < -0.3 is 10.3 Å². The molecule has 96 valence electrons. The molecule has 0 aliphatic rings. The van der Waals surface area contributed by atoms with Gasteiger partial charge in [-0.2, -0.15) is 13.2 Å².